The summed E-state index contributed by atoms with van der Waals surface area (Å²) in [6.45, 7) is 2.99. The monoisotopic (exact) mass is 439 g/mol. The molecule has 1 aromatic heterocycles. The Morgan fingerprint density at radius 3 is 2.61 bits per heavy atom. The molecule has 31 heavy (non-hydrogen) atoms. The van der Waals surface area contributed by atoms with Crippen LogP contribution in [0.1, 0.15) is 29.4 Å². The molecule has 3 aromatic rings. The first-order chi connectivity index (χ1) is 14.8. The number of carbonyl (C=O) groups excluding carboxylic acids is 2. The highest BCUT2D eigenvalue weighted by atomic mass is 32.1. The Balaban J connectivity index is 1.57. The molecular weight excluding hydrogens is 414 g/mol. The molecule has 1 aliphatic heterocycles. The minimum Gasteiger partial charge on any atom is -0.390 e. The molecular formula is C22H25N5O3S. The molecule has 0 radical (unpaired) electrons. The van der Waals surface area contributed by atoms with E-state index in [2.05, 4.69) is 15.6 Å². The molecule has 162 valence electrons. The van der Waals surface area contributed by atoms with Crippen molar-refractivity contribution >= 4 is 50.6 Å². The van der Waals surface area contributed by atoms with Crippen molar-refractivity contribution in [1.82, 2.24) is 4.98 Å². The average molecular weight is 440 g/mol. The summed E-state index contributed by atoms with van der Waals surface area (Å²) in [5, 5.41) is 18.8. The first kappa shape index (κ1) is 21.1. The number of piperidine rings is 1. The third-order valence-electron chi connectivity index (χ3n) is 5.37. The number of rotatable bonds is 6. The summed E-state index contributed by atoms with van der Waals surface area (Å²) in [6.07, 6.45) is 1.24. The van der Waals surface area contributed by atoms with Crippen molar-refractivity contribution in [3.63, 3.8) is 0 Å². The number of hydrogen-bond acceptors (Lipinski definition) is 7. The lowest BCUT2D eigenvalue weighted by atomic mass is 9.94. The summed E-state index contributed by atoms with van der Waals surface area (Å²) in [4.78, 5) is 31.3. The lowest BCUT2D eigenvalue weighted by Gasteiger charge is -2.35. The number of anilines is 3. The number of nitrogens with one attached hydrogen (secondary N) is 2. The highest BCUT2D eigenvalue weighted by Crippen LogP contribution is 2.34. The highest BCUT2D eigenvalue weighted by Gasteiger charge is 2.30. The maximum absolute atomic E-state index is 13.1. The zero-order chi connectivity index (χ0) is 22.0. The van der Waals surface area contributed by atoms with E-state index in [-0.39, 0.29) is 12.5 Å². The van der Waals surface area contributed by atoms with Gasteiger partial charge in [-0.2, -0.15) is 0 Å². The Kier molecular flexibility index (Phi) is 5.79. The van der Waals surface area contributed by atoms with E-state index in [1.54, 1.807) is 0 Å². The number of aromatic nitrogens is 1. The van der Waals surface area contributed by atoms with Gasteiger partial charge in [0.2, 0.25) is 5.91 Å². The molecule has 0 spiro atoms. The second-order valence-corrected chi connectivity index (χ2v) is 8.97. The number of carbonyl (C=O) groups is 2. The number of aliphatic hydroxyl groups is 1. The minimum atomic E-state index is -0.683. The summed E-state index contributed by atoms with van der Waals surface area (Å²) < 4.78 is 0. The summed E-state index contributed by atoms with van der Waals surface area (Å²) in [5.74, 6) is -0.520. The normalized spacial score (nSPS) is 15.6. The number of thiazole rings is 1. The van der Waals surface area contributed by atoms with Gasteiger partial charge in [0.25, 0.3) is 5.91 Å². The van der Waals surface area contributed by atoms with Gasteiger partial charge in [0.1, 0.15) is 4.88 Å². The highest BCUT2D eigenvalue weighted by molar-refractivity contribution is 7.18. The fourth-order valence-electron chi connectivity index (χ4n) is 3.52. The van der Waals surface area contributed by atoms with E-state index in [1.807, 2.05) is 54.3 Å². The zero-order valence-corrected chi connectivity index (χ0v) is 18.0. The molecule has 5 N–H and O–H groups in total. The number of amides is 2. The van der Waals surface area contributed by atoms with Crippen molar-refractivity contribution in [3.8, 4) is 0 Å². The van der Waals surface area contributed by atoms with Gasteiger partial charge in [0, 0.05) is 18.8 Å². The van der Waals surface area contributed by atoms with Gasteiger partial charge >= 0.3 is 0 Å². The Morgan fingerprint density at radius 1 is 1.19 bits per heavy atom. The first-order valence-corrected chi connectivity index (χ1v) is 10.9. The van der Waals surface area contributed by atoms with Gasteiger partial charge in [-0.3, -0.25) is 9.59 Å². The van der Waals surface area contributed by atoms with Gasteiger partial charge < -0.3 is 26.4 Å². The molecule has 8 nitrogen and oxygen atoms in total. The Hall–Kier alpha value is -3.17. The summed E-state index contributed by atoms with van der Waals surface area (Å²) in [7, 11) is 0. The van der Waals surface area contributed by atoms with Gasteiger partial charge in [-0.15, -0.1) is 0 Å². The quantitative estimate of drug-likeness (QED) is 0.469. The number of nitrogens with two attached hydrogens (primary N) is 1. The van der Waals surface area contributed by atoms with Crippen molar-refractivity contribution in [3.05, 3.63) is 47.3 Å². The predicted molar refractivity (Wildman–Crippen MR) is 124 cm³/mol. The van der Waals surface area contributed by atoms with Crippen molar-refractivity contribution in [2.24, 2.45) is 5.73 Å². The maximum Gasteiger partial charge on any atom is 0.269 e. The molecule has 1 aliphatic rings. The van der Waals surface area contributed by atoms with Crippen LogP contribution in [0.25, 0.3) is 10.8 Å². The molecule has 0 saturated carbocycles. The molecule has 0 atom stereocenters. The molecule has 2 heterocycles. The fraction of sp³-hybridized carbons (Fsp3) is 0.318. The molecule has 1 fully saturated rings. The van der Waals surface area contributed by atoms with Crippen LogP contribution in [0.2, 0.25) is 0 Å². The van der Waals surface area contributed by atoms with Gasteiger partial charge in [-0.05, 0) is 42.7 Å². The number of benzene rings is 2. The third kappa shape index (κ3) is 4.95. The molecule has 2 amide bonds. The zero-order valence-electron chi connectivity index (χ0n) is 17.2. The van der Waals surface area contributed by atoms with E-state index in [0.29, 0.717) is 47.4 Å². The van der Waals surface area contributed by atoms with Crippen LogP contribution in [-0.4, -0.2) is 47.1 Å². The molecule has 9 heteroatoms. The van der Waals surface area contributed by atoms with Crippen LogP contribution < -0.4 is 21.3 Å². The number of hydrogen-bond donors (Lipinski definition) is 4. The van der Waals surface area contributed by atoms with Crippen molar-refractivity contribution in [2.75, 3.05) is 35.2 Å². The van der Waals surface area contributed by atoms with Crippen LogP contribution in [0.15, 0.2) is 42.5 Å². The second-order valence-electron chi connectivity index (χ2n) is 7.99. The van der Waals surface area contributed by atoms with Crippen LogP contribution in [0.4, 0.5) is 16.6 Å². The van der Waals surface area contributed by atoms with Crippen LogP contribution >= 0.6 is 11.3 Å². The van der Waals surface area contributed by atoms with Crippen LogP contribution in [0, 0.1) is 0 Å². The van der Waals surface area contributed by atoms with E-state index in [9.17, 15) is 14.7 Å². The smallest absolute Gasteiger partial charge is 0.269 e. The van der Waals surface area contributed by atoms with E-state index in [4.69, 9.17) is 5.73 Å². The first-order valence-electron chi connectivity index (χ1n) is 10.1. The Labute approximate surface area is 184 Å². The molecule has 1 saturated heterocycles. The summed E-state index contributed by atoms with van der Waals surface area (Å²) in [6, 6.07) is 13.6. The molecule has 4 rings (SSSR count). The van der Waals surface area contributed by atoms with Gasteiger partial charge in [-0.1, -0.05) is 41.7 Å². The lowest BCUT2D eigenvalue weighted by Crippen LogP contribution is -2.42. The number of nitrogens with zero attached hydrogens (tertiary/aromatic N) is 2. The van der Waals surface area contributed by atoms with Gasteiger partial charge in [0.15, 0.2) is 10.9 Å². The minimum absolute atomic E-state index is 0.117. The predicted octanol–water partition coefficient (Wildman–Crippen LogP) is 2.80. The molecule has 2 aromatic carbocycles. The molecule has 0 bridgehead atoms. The fourth-order valence-corrected chi connectivity index (χ4v) is 4.51. The van der Waals surface area contributed by atoms with E-state index >= 15 is 0 Å². The standard InChI is InChI=1S/C22H25N5O3S/c1-22(30)8-10-27(11-9-22)21-26-19(24-13-17(23)28)18(31-21)20(29)25-16-7-6-14-4-2-3-5-15(14)12-16/h2-7,12,24,30H,8-11,13H2,1H3,(H2,23,28)(H,25,29). The SMILES string of the molecule is CC1(O)CCN(c2nc(NCC(N)=O)c(C(=O)Nc3ccc4ccccc4c3)s2)CC1. The van der Waals surface area contributed by atoms with Crippen molar-refractivity contribution in [1.29, 1.82) is 0 Å². The van der Waals surface area contributed by atoms with Gasteiger partial charge in [-0.25, -0.2) is 4.98 Å². The molecule has 0 aliphatic carbocycles. The topological polar surface area (TPSA) is 121 Å². The maximum atomic E-state index is 13.1. The summed E-state index contributed by atoms with van der Waals surface area (Å²) in [5.41, 5.74) is 5.25. The van der Waals surface area contributed by atoms with Crippen LogP contribution in [0.3, 0.4) is 0 Å². The van der Waals surface area contributed by atoms with E-state index in [0.717, 1.165) is 10.8 Å². The van der Waals surface area contributed by atoms with Gasteiger partial charge in [0.05, 0.1) is 12.1 Å². The summed E-state index contributed by atoms with van der Waals surface area (Å²) >= 11 is 1.26. The average Bonchev–Trinajstić information content (AvgIpc) is 3.16. The third-order valence-corrected chi connectivity index (χ3v) is 6.49. The van der Waals surface area contributed by atoms with Crippen molar-refractivity contribution < 1.29 is 14.7 Å². The number of primary amides is 1. The van der Waals surface area contributed by atoms with E-state index in [1.165, 1.54) is 11.3 Å². The lowest BCUT2D eigenvalue weighted by molar-refractivity contribution is -0.116. The van der Waals surface area contributed by atoms with Crippen LogP contribution in [0.5, 0.6) is 0 Å². The Bertz CT molecular complexity index is 1120. The van der Waals surface area contributed by atoms with E-state index < -0.39 is 11.5 Å². The Morgan fingerprint density at radius 2 is 1.90 bits per heavy atom. The van der Waals surface area contributed by atoms with Crippen LogP contribution in [-0.2, 0) is 4.79 Å². The van der Waals surface area contributed by atoms with Crippen molar-refractivity contribution in [2.45, 2.75) is 25.4 Å². The second kappa shape index (κ2) is 8.52. The largest absolute Gasteiger partial charge is 0.390 e. The number of fused-ring (bicyclic) bond motifs is 1. The molecule has 0 unspecified atom stereocenters.